The molecule has 0 radical (unpaired) electrons. The first-order chi connectivity index (χ1) is 8.15. The third kappa shape index (κ3) is 2.97. The highest BCUT2D eigenvalue weighted by Crippen LogP contribution is 2.16. The number of hydrogen-bond acceptors (Lipinski definition) is 2. The summed E-state index contributed by atoms with van der Waals surface area (Å²) in [5.74, 6) is 0.844. The number of aryl methyl sites for hydroxylation is 3. The zero-order valence-electron chi connectivity index (χ0n) is 10.4. The second kappa shape index (κ2) is 4.87. The SMILES string of the molecule is Cc1ccc(N=Nc2ccc(C)c[n+]2C)cc1. The molecule has 0 aliphatic rings. The van der Waals surface area contributed by atoms with Crippen molar-refractivity contribution in [2.75, 3.05) is 0 Å². The molecule has 0 aliphatic carbocycles. The molecule has 2 rings (SSSR count). The fourth-order valence-corrected chi connectivity index (χ4v) is 1.56. The molecule has 0 saturated heterocycles. The zero-order valence-corrected chi connectivity index (χ0v) is 10.4. The fourth-order valence-electron chi connectivity index (χ4n) is 1.56. The van der Waals surface area contributed by atoms with Gasteiger partial charge in [0, 0.05) is 6.07 Å². The van der Waals surface area contributed by atoms with E-state index in [1.807, 2.05) is 54.2 Å². The van der Waals surface area contributed by atoms with Gasteiger partial charge in [-0.25, -0.2) is 4.57 Å². The van der Waals surface area contributed by atoms with Gasteiger partial charge >= 0.3 is 5.82 Å². The molecular weight excluding hydrogens is 210 g/mol. The molecule has 0 unspecified atom stereocenters. The molecular formula is C14H16N3+. The van der Waals surface area contributed by atoms with Crippen LogP contribution in [0.3, 0.4) is 0 Å². The standard InChI is InChI=1S/C14H16N3/c1-11-4-7-13(8-5-11)15-16-14-9-6-12(2)10-17(14)3/h4-10H,1-3H3/q+1. The second-order valence-electron chi connectivity index (χ2n) is 4.21. The number of nitrogens with zero attached hydrogens (tertiary/aromatic N) is 3. The summed E-state index contributed by atoms with van der Waals surface area (Å²) in [6.07, 6.45) is 2.03. The summed E-state index contributed by atoms with van der Waals surface area (Å²) in [5, 5.41) is 8.45. The lowest BCUT2D eigenvalue weighted by atomic mass is 10.2. The zero-order chi connectivity index (χ0) is 12.3. The van der Waals surface area contributed by atoms with Gasteiger partial charge in [0.1, 0.15) is 5.69 Å². The second-order valence-corrected chi connectivity index (χ2v) is 4.21. The number of aromatic nitrogens is 1. The van der Waals surface area contributed by atoms with Gasteiger partial charge in [0.25, 0.3) is 0 Å². The summed E-state index contributed by atoms with van der Waals surface area (Å²) >= 11 is 0. The molecule has 1 heterocycles. The predicted molar refractivity (Wildman–Crippen MR) is 67.7 cm³/mol. The number of azo groups is 1. The average Bonchev–Trinajstić information content (AvgIpc) is 2.30. The van der Waals surface area contributed by atoms with Gasteiger partial charge in [0.2, 0.25) is 0 Å². The van der Waals surface area contributed by atoms with Crippen LogP contribution in [0.2, 0.25) is 0 Å². The number of rotatable bonds is 2. The number of benzene rings is 1. The lowest BCUT2D eigenvalue weighted by molar-refractivity contribution is -0.658. The van der Waals surface area contributed by atoms with E-state index in [1.54, 1.807) is 0 Å². The van der Waals surface area contributed by atoms with Crippen LogP contribution in [0.25, 0.3) is 0 Å². The Morgan fingerprint density at radius 2 is 1.47 bits per heavy atom. The molecule has 2 aromatic rings. The smallest absolute Gasteiger partial charge is 0.232 e. The van der Waals surface area contributed by atoms with Gasteiger partial charge in [-0.2, -0.15) is 0 Å². The number of pyridine rings is 1. The van der Waals surface area contributed by atoms with Crippen molar-refractivity contribution in [2.45, 2.75) is 13.8 Å². The molecule has 3 heteroatoms. The van der Waals surface area contributed by atoms with Crippen molar-refractivity contribution in [1.82, 2.24) is 0 Å². The van der Waals surface area contributed by atoms with Crippen molar-refractivity contribution in [3.05, 3.63) is 53.7 Å². The maximum absolute atomic E-state index is 4.23. The van der Waals surface area contributed by atoms with E-state index in [9.17, 15) is 0 Å². The Hall–Kier alpha value is -2.03. The van der Waals surface area contributed by atoms with Crippen molar-refractivity contribution in [2.24, 2.45) is 17.3 Å². The average molecular weight is 226 g/mol. The highest BCUT2D eigenvalue weighted by atomic mass is 15.2. The van der Waals surface area contributed by atoms with Crippen molar-refractivity contribution in [3.63, 3.8) is 0 Å². The molecule has 86 valence electrons. The van der Waals surface area contributed by atoms with E-state index in [0.717, 1.165) is 11.5 Å². The minimum Gasteiger partial charge on any atom is -0.232 e. The van der Waals surface area contributed by atoms with Crippen LogP contribution in [-0.4, -0.2) is 0 Å². The minimum atomic E-state index is 0.844. The monoisotopic (exact) mass is 226 g/mol. The van der Waals surface area contributed by atoms with E-state index in [4.69, 9.17) is 0 Å². The van der Waals surface area contributed by atoms with Crippen LogP contribution in [0.4, 0.5) is 11.5 Å². The van der Waals surface area contributed by atoms with E-state index in [1.165, 1.54) is 11.1 Å². The van der Waals surface area contributed by atoms with Gasteiger partial charge < -0.3 is 0 Å². The van der Waals surface area contributed by atoms with Crippen LogP contribution in [0.1, 0.15) is 11.1 Å². The van der Waals surface area contributed by atoms with Crippen molar-refractivity contribution in [1.29, 1.82) is 0 Å². The van der Waals surface area contributed by atoms with E-state index >= 15 is 0 Å². The molecule has 0 aliphatic heterocycles. The summed E-state index contributed by atoms with van der Waals surface area (Å²) < 4.78 is 1.97. The first-order valence-corrected chi connectivity index (χ1v) is 5.60. The van der Waals surface area contributed by atoms with Gasteiger partial charge in [0.05, 0.1) is 18.4 Å². The molecule has 0 amide bonds. The third-order valence-electron chi connectivity index (χ3n) is 2.56. The molecule has 0 fully saturated rings. The summed E-state index contributed by atoms with van der Waals surface area (Å²) in [7, 11) is 1.97. The number of hydrogen-bond donors (Lipinski definition) is 0. The van der Waals surface area contributed by atoms with Crippen LogP contribution in [0, 0.1) is 13.8 Å². The van der Waals surface area contributed by atoms with E-state index in [-0.39, 0.29) is 0 Å². The highest BCUT2D eigenvalue weighted by Gasteiger charge is 2.05. The molecule has 3 nitrogen and oxygen atoms in total. The Labute approximate surface area is 101 Å². The lowest BCUT2D eigenvalue weighted by Gasteiger charge is -1.94. The first-order valence-electron chi connectivity index (χ1n) is 5.60. The van der Waals surface area contributed by atoms with Crippen LogP contribution in [0.5, 0.6) is 0 Å². The maximum atomic E-state index is 4.23. The van der Waals surface area contributed by atoms with Gasteiger partial charge in [-0.05, 0) is 42.7 Å². The van der Waals surface area contributed by atoms with E-state index in [2.05, 4.69) is 24.1 Å². The Bertz CT molecular complexity index is 542. The third-order valence-corrected chi connectivity index (χ3v) is 2.56. The predicted octanol–water partition coefficient (Wildman–Crippen LogP) is 3.54. The Morgan fingerprint density at radius 1 is 0.824 bits per heavy atom. The highest BCUT2D eigenvalue weighted by molar-refractivity contribution is 5.38. The van der Waals surface area contributed by atoms with Crippen LogP contribution in [-0.2, 0) is 7.05 Å². The summed E-state index contributed by atoms with van der Waals surface area (Å²) in [6, 6.07) is 12.0. The summed E-state index contributed by atoms with van der Waals surface area (Å²) in [4.78, 5) is 0. The van der Waals surface area contributed by atoms with Gasteiger partial charge in [0.15, 0.2) is 0 Å². The van der Waals surface area contributed by atoms with Crippen molar-refractivity contribution < 1.29 is 4.57 Å². The topological polar surface area (TPSA) is 28.6 Å². The van der Waals surface area contributed by atoms with Crippen molar-refractivity contribution >= 4 is 11.5 Å². The van der Waals surface area contributed by atoms with Crippen molar-refractivity contribution in [3.8, 4) is 0 Å². The fraction of sp³-hybridized carbons (Fsp3) is 0.214. The van der Waals surface area contributed by atoms with Gasteiger partial charge in [-0.3, -0.25) is 0 Å². The molecule has 1 aromatic carbocycles. The minimum absolute atomic E-state index is 0.844. The largest absolute Gasteiger partial charge is 0.350 e. The van der Waals surface area contributed by atoms with Crippen LogP contribution < -0.4 is 4.57 Å². The molecule has 0 N–H and O–H groups in total. The quantitative estimate of drug-likeness (QED) is 0.553. The normalized spacial score (nSPS) is 11.0. The summed E-state index contributed by atoms with van der Waals surface area (Å²) in [5.41, 5.74) is 3.31. The lowest BCUT2D eigenvalue weighted by Crippen LogP contribution is -2.27. The summed E-state index contributed by atoms with van der Waals surface area (Å²) in [6.45, 7) is 4.11. The Morgan fingerprint density at radius 3 is 2.12 bits per heavy atom. The molecule has 0 atom stereocenters. The molecule has 1 aromatic heterocycles. The molecule has 0 bridgehead atoms. The van der Waals surface area contributed by atoms with Gasteiger partial charge in [-0.1, -0.05) is 17.7 Å². The molecule has 0 saturated carbocycles. The van der Waals surface area contributed by atoms with E-state index in [0.29, 0.717) is 0 Å². The molecule has 17 heavy (non-hydrogen) atoms. The Kier molecular flexibility index (Phi) is 3.28. The molecule has 0 spiro atoms. The first kappa shape index (κ1) is 11.5. The van der Waals surface area contributed by atoms with E-state index < -0.39 is 0 Å². The van der Waals surface area contributed by atoms with Crippen LogP contribution in [0.15, 0.2) is 52.8 Å². The maximum Gasteiger partial charge on any atom is 0.350 e. The Balaban J connectivity index is 2.23. The van der Waals surface area contributed by atoms with Gasteiger partial charge in [-0.15, -0.1) is 0 Å². The van der Waals surface area contributed by atoms with Crippen LogP contribution >= 0.6 is 0 Å².